The second-order valence-electron chi connectivity index (χ2n) is 7.65. The molecule has 2 aromatic carbocycles. The van der Waals surface area contributed by atoms with Gasteiger partial charge in [0.05, 0.1) is 12.0 Å². The second-order valence-corrected chi connectivity index (χ2v) is 7.65. The van der Waals surface area contributed by atoms with Crippen LogP contribution in [-0.4, -0.2) is 11.6 Å². The van der Waals surface area contributed by atoms with Crippen molar-refractivity contribution in [1.29, 1.82) is 0 Å². The van der Waals surface area contributed by atoms with E-state index in [4.69, 9.17) is 19.6 Å². The Balaban J connectivity index is 1.41. The van der Waals surface area contributed by atoms with Crippen molar-refractivity contribution in [2.45, 2.75) is 32.4 Å². The first kappa shape index (κ1) is 22.7. The van der Waals surface area contributed by atoms with Crippen LogP contribution in [0.3, 0.4) is 0 Å². The van der Waals surface area contributed by atoms with Gasteiger partial charge in [-0.25, -0.2) is 13.2 Å². The van der Waals surface area contributed by atoms with Crippen molar-refractivity contribution < 1.29 is 27.1 Å². The lowest BCUT2D eigenvalue weighted by molar-refractivity contribution is 0.258. The molecule has 1 unspecified atom stereocenters. The average molecular weight is 456 g/mol. The number of nitrogens with zero attached hydrogens (tertiary/aromatic N) is 1. The Morgan fingerprint density at radius 3 is 2.61 bits per heavy atom. The van der Waals surface area contributed by atoms with E-state index < -0.39 is 23.2 Å². The highest BCUT2D eigenvalue weighted by atomic mass is 19.2. The Bertz CT molecular complexity index is 1240. The molecule has 0 spiro atoms. The number of hydrogen-bond acceptors (Lipinski definition) is 5. The van der Waals surface area contributed by atoms with Crippen molar-refractivity contribution in [3.05, 3.63) is 89.2 Å². The molecule has 0 amide bonds. The fraction of sp³-hybridized carbons (Fsp3) is 0.240. The zero-order chi connectivity index (χ0) is 23.4. The Kier molecular flexibility index (Phi) is 6.84. The molecule has 1 atom stereocenters. The van der Waals surface area contributed by atoms with Crippen molar-refractivity contribution >= 4 is 11.0 Å². The monoisotopic (exact) mass is 456 g/mol. The third-order valence-electron chi connectivity index (χ3n) is 5.38. The molecule has 0 aliphatic rings. The van der Waals surface area contributed by atoms with Gasteiger partial charge < -0.3 is 19.6 Å². The predicted molar refractivity (Wildman–Crippen MR) is 117 cm³/mol. The minimum absolute atomic E-state index is 0.116. The quantitative estimate of drug-likeness (QED) is 0.247. The smallest absolute Gasteiger partial charge is 0.168 e. The normalized spacial score (nSPS) is 12.2. The van der Waals surface area contributed by atoms with Gasteiger partial charge in [0, 0.05) is 36.1 Å². The molecule has 0 saturated heterocycles. The number of hydrogen-bond donors (Lipinski definition) is 1. The lowest BCUT2D eigenvalue weighted by Gasteiger charge is -2.12. The van der Waals surface area contributed by atoms with Gasteiger partial charge in [-0.2, -0.15) is 0 Å². The SMILES string of the molecule is Cc1c(COc2cc(F)c(F)cc2F)oc2cccc(OCCCC(N)c3cccnc3)c12. The van der Waals surface area contributed by atoms with E-state index in [0.717, 1.165) is 29.4 Å². The maximum Gasteiger partial charge on any atom is 0.168 e. The van der Waals surface area contributed by atoms with Gasteiger partial charge in [-0.05, 0) is 43.5 Å². The zero-order valence-corrected chi connectivity index (χ0v) is 18.0. The number of rotatable bonds is 9. The van der Waals surface area contributed by atoms with E-state index in [0.29, 0.717) is 35.8 Å². The number of aromatic nitrogens is 1. The van der Waals surface area contributed by atoms with Gasteiger partial charge in [0.15, 0.2) is 23.2 Å². The molecular formula is C25H23F3N2O3. The first-order valence-electron chi connectivity index (χ1n) is 10.5. The maximum absolute atomic E-state index is 13.8. The highest BCUT2D eigenvalue weighted by molar-refractivity contribution is 5.88. The van der Waals surface area contributed by atoms with Crippen LogP contribution in [0.1, 0.15) is 35.8 Å². The van der Waals surface area contributed by atoms with Crippen LogP contribution in [0.4, 0.5) is 13.2 Å². The van der Waals surface area contributed by atoms with Gasteiger partial charge in [-0.3, -0.25) is 4.98 Å². The zero-order valence-electron chi connectivity index (χ0n) is 18.0. The Hall–Kier alpha value is -3.52. The standard InChI is InChI=1S/C25H23F3N2O3/c1-15-24(14-32-23-12-18(27)17(26)11-19(23)28)33-22-8-2-7-21(25(15)22)31-10-4-6-20(29)16-5-3-9-30-13-16/h2-3,5,7-9,11-13,20H,4,6,10,14,29H2,1H3. The van der Waals surface area contributed by atoms with E-state index in [1.165, 1.54) is 0 Å². The van der Waals surface area contributed by atoms with Crippen LogP contribution in [0.2, 0.25) is 0 Å². The average Bonchev–Trinajstić information content (AvgIpc) is 3.15. The lowest BCUT2D eigenvalue weighted by Crippen LogP contribution is -2.12. The molecule has 5 nitrogen and oxygen atoms in total. The summed E-state index contributed by atoms with van der Waals surface area (Å²) in [5.41, 5.74) is 8.53. The van der Waals surface area contributed by atoms with Crippen LogP contribution < -0.4 is 15.2 Å². The van der Waals surface area contributed by atoms with Crippen LogP contribution >= 0.6 is 0 Å². The molecule has 2 aromatic heterocycles. The highest BCUT2D eigenvalue weighted by Gasteiger charge is 2.17. The number of furan rings is 1. The molecule has 0 bridgehead atoms. The molecule has 8 heteroatoms. The van der Waals surface area contributed by atoms with E-state index in [-0.39, 0.29) is 12.6 Å². The predicted octanol–water partition coefficient (Wildman–Crippen LogP) is 5.99. The first-order valence-corrected chi connectivity index (χ1v) is 10.5. The largest absolute Gasteiger partial charge is 0.493 e. The number of pyridine rings is 1. The topological polar surface area (TPSA) is 70.5 Å². The summed E-state index contributed by atoms with van der Waals surface area (Å²) in [5, 5.41) is 0.776. The Morgan fingerprint density at radius 1 is 1.00 bits per heavy atom. The molecule has 4 aromatic rings. The van der Waals surface area contributed by atoms with Crippen LogP contribution in [-0.2, 0) is 6.61 Å². The maximum atomic E-state index is 13.8. The summed E-state index contributed by atoms with van der Waals surface area (Å²) in [7, 11) is 0. The third kappa shape index (κ3) is 5.12. The summed E-state index contributed by atoms with van der Waals surface area (Å²) >= 11 is 0. The fourth-order valence-corrected chi connectivity index (χ4v) is 3.58. The Morgan fingerprint density at radius 2 is 1.82 bits per heavy atom. The number of benzene rings is 2. The molecule has 33 heavy (non-hydrogen) atoms. The minimum Gasteiger partial charge on any atom is -0.493 e. The number of fused-ring (bicyclic) bond motifs is 1. The van der Waals surface area contributed by atoms with E-state index >= 15 is 0 Å². The summed E-state index contributed by atoms with van der Waals surface area (Å²) < 4.78 is 57.5. The van der Waals surface area contributed by atoms with Crippen molar-refractivity contribution in [3.63, 3.8) is 0 Å². The number of nitrogens with two attached hydrogens (primary N) is 1. The molecule has 2 N–H and O–H groups in total. The summed E-state index contributed by atoms with van der Waals surface area (Å²) in [6.45, 7) is 2.14. The van der Waals surface area contributed by atoms with Crippen molar-refractivity contribution in [3.8, 4) is 11.5 Å². The molecular weight excluding hydrogens is 433 g/mol. The van der Waals surface area contributed by atoms with Gasteiger partial charge in [0.1, 0.15) is 23.7 Å². The highest BCUT2D eigenvalue weighted by Crippen LogP contribution is 2.34. The summed E-state index contributed by atoms with van der Waals surface area (Å²) in [6, 6.07) is 10.2. The molecule has 0 aliphatic carbocycles. The van der Waals surface area contributed by atoms with Crippen LogP contribution in [0, 0.1) is 24.4 Å². The molecule has 0 saturated carbocycles. The van der Waals surface area contributed by atoms with Crippen LogP contribution in [0.15, 0.2) is 59.3 Å². The van der Waals surface area contributed by atoms with Gasteiger partial charge in [-0.1, -0.05) is 12.1 Å². The van der Waals surface area contributed by atoms with Crippen LogP contribution in [0.5, 0.6) is 11.5 Å². The summed E-state index contributed by atoms with van der Waals surface area (Å²) in [6.07, 6.45) is 4.96. The molecule has 0 aliphatic heterocycles. The van der Waals surface area contributed by atoms with Gasteiger partial charge in [0.2, 0.25) is 0 Å². The van der Waals surface area contributed by atoms with Crippen molar-refractivity contribution in [2.75, 3.05) is 6.61 Å². The van der Waals surface area contributed by atoms with E-state index in [1.807, 2.05) is 31.2 Å². The Labute approximate surface area is 188 Å². The van der Waals surface area contributed by atoms with E-state index in [2.05, 4.69) is 4.98 Å². The van der Waals surface area contributed by atoms with E-state index in [1.54, 1.807) is 18.5 Å². The summed E-state index contributed by atoms with van der Waals surface area (Å²) in [5.74, 6) is -2.77. The first-order chi connectivity index (χ1) is 15.9. The molecule has 172 valence electrons. The molecule has 2 heterocycles. The molecule has 0 radical (unpaired) electrons. The van der Waals surface area contributed by atoms with E-state index in [9.17, 15) is 13.2 Å². The van der Waals surface area contributed by atoms with Gasteiger partial charge in [-0.15, -0.1) is 0 Å². The van der Waals surface area contributed by atoms with Crippen LogP contribution in [0.25, 0.3) is 11.0 Å². The second kappa shape index (κ2) is 9.95. The number of ether oxygens (including phenoxy) is 2. The van der Waals surface area contributed by atoms with Crippen molar-refractivity contribution in [1.82, 2.24) is 4.98 Å². The third-order valence-corrected chi connectivity index (χ3v) is 5.38. The molecule has 0 fully saturated rings. The number of aryl methyl sites for hydroxylation is 1. The summed E-state index contributed by atoms with van der Waals surface area (Å²) in [4.78, 5) is 4.09. The fourth-order valence-electron chi connectivity index (χ4n) is 3.58. The van der Waals surface area contributed by atoms with Gasteiger partial charge in [0.25, 0.3) is 0 Å². The molecule has 4 rings (SSSR count). The van der Waals surface area contributed by atoms with Gasteiger partial charge >= 0.3 is 0 Å². The van der Waals surface area contributed by atoms with Crippen molar-refractivity contribution in [2.24, 2.45) is 5.73 Å². The number of halogens is 3. The lowest BCUT2D eigenvalue weighted by atomic mass is 10.1. The minimum atomic E-state index is -1.28.